The van der Waals surface area contributed by atoms with Crippen LogP contribution in [0.2, 0.25) is 0 Å². The Bertz CT molecular complexity index is 1600. The number of nitrogens with zero attached hydrogens (tertiary/aromatic N) is 4. The van der Waals surface area contributed by atoms with Gasteiger partial charge >= 0.3 is 5.97 Å². The summed E-state index contributed by atoms with van der Waals surface area (Å²) in [7, 11) is 0. The van der Waals surface area contributed by atoms with E-state index in [1.54, 1.807) is 34.1 Å². The van der Waals surface area contributed by atoms with Crippen LogP contribution in [0, 0.1) is 5.82 Å². The van der Waals surface area contributed by atoms with Crippen molar-refractivity contribution in [2.75, 3.05) is 6.54 Å². The predicted molar refractivity (Wildman–Crippen MR) is 139 cm³/mol. The number of carbonyl (C=O) groups is 2. The van der Waals surface area contributed by atoms with E-state index in [-0.39, 0.29) is 28.5 Å². The van der Waals surface area contributed by atoms with Crippen molar-refractivity contribution in [3.63, 3.8) is 0 Å². The van der Waals surface area contributed by atoms with E-state index in [2.05, 4.69) is 35.4 Å². The number of hydrogen-bond donors (Lipinski definition) is 1. The molecule has 4 heterocycles. The second kappa shape index (κ2) is 8.62. The number of hydrogen-bond acceptors (Lipinski definition) is 5. The molecule has 9 heteroatoms. The lowest BCUT2D eigenvalue weighted by atomic mass is 10.00. The third-order valence-electron chi connectivity index (χ3n) is 7.51. The number of benzene rings is 1. The van der Waals surface area contributed by atoms with Crippen molar-refractivity contribution in [2.45, 2.75) is 44.6 Å². The van der Waals surface area contributed by atoms with Gasteiger partial charge in [-0.15, -0.1) is 11.3 Å². The number of halogens is 1. The van der Waals surface area contributed by atoms with Crippen LogP contribution in [0.25, 0.3) is 23.0 Å². The molecule has 188 valence electrons. The second-order valence-corrected chi connectivity index (χ2v) is 11.0. The van der Waals surface area contributed by atoms with Gasteiger partial charge in [0, 0.05) is 40.1 Å². The molecule has 4 aromatic rings. The summed E-state index contributed by atoms with van der Waals surface area (Å²) in [6, 6.07) is 10.4. The first-order chi connectivity index (χ1) is 17.7. The third-order valence-corrected chi connectivity index (χ3v) is 8.51. The average Bonchev–Trinajstić information content (AvgIpc) is 3.27. The molecule has 2 aliphatic rings. The van der Waals surface area contributed by atoms with Crippen molar-refractivity contribution in [1.29, 1.82) is 0 Å². The van der Waals surface area contributed by atoms with Crippen LogP contribution in [0.15, 0.2) is 47.9 Å². The van der Waals surface area contributed by atoms with Gasteiger partial charge in [0.25, 0.3) is 5.91 Å². The Morgan fingerprint density at radius 3 is 2.81 bits per heavy atom. The van der Waals surface area contributed by atoms with Gasteiger partial charge in [-0.25, -0.2) is 18.7 Å². The highest BCUT2D eigenvalue weighted by molar-refractivity contribution is 7.10. The molecule has 1 aliphatic heterocycles. The number of carboxylic acids is 1. The first kappa shape index (κ1) is 23.5. The Balaban J connectivity index is 1.43. The Morgan fingerprint density at radius 2 is 2.05 bits per heavy atom. The zero-order valence-electron chi connectivity index (χ0n) is 20.4. The maximum absolute atomic E-state index is 15.3. The van der Waals surface area contributed by atoms with E-state index in [9.17, 15) is 9.59 Å². The minimum atomic E-state index is -1.15. The van der Waals surface area contributed by atoms with Crippen LogP contribution in [0.4, 0.5) is 4.39 Å². The van der Waals surface area contributed by atoms with E-state index >= 15 is 4.39 Å². The first-order valence-electron chi connectivity index (χ1n) is 12.2. The van der Waals surface area contributed by atoms with E-state index in [0.717, 1.165) is 31.0 Å². The maximum Gasteiger partial charge on any atom is 0.328 e. The lowest BCUT2D eigenvalue weighted by Crippen LogP contribution is -2.38. The standard InChI is InChI=1S/C28H25FN4O3S/c1-16-18-9-13-37-22(18)8-12-32(16)27(36)21-14-23(28(2)10-11-28)33-24(30-21)15-20(31-33)19-5-3-4-17(26(19)29)6-7-25(34)35/h3-7,9,13-16H,8,10-12H2,1-2H3,(H,34,35)/b7-6+. The molecule has 1 N–H and O–H groups in total. The minimum absolute atomic E-state index is 0.0309. The molecule has 1 unspecified atom stereocenters. The van der Waals surface area contributed by atoms with Crippen molar-refractivity contribution >= 4 is 34.9 Å². The van der Waals surface area contributed by atoms with Gasteiger partial charge in [0.15, 0.2) is 5.65 Å². The van der Waals surface area contributed by atoms with Gasteiger partial charge in [0.1, 0.15) is 11.5 Å². The lowest BCUT2D eigenvalue weighted by Gasteiger charge is -2.33. The van der Waals surface area contributed by atoms with Crippen molar-refractivity contribution in [3.8, 4) is 11.3 Å². The fraction of sp³-hybridized carbons (Fsp3) is 0.286. The average molecular weight is 517 g/mol. The van der Waals surface area contributed by atoms with Crippen LogP contribution in [-0.4, -0.2) is 43.0 Å². The molecule has 0 radical (unpaired) electrons. The third kappa shape index (κ3) is 4.03. The molecular formula is C28H25FN4O3S. The molecule has 1 saturated carbocycles. The van der Waals surface area contributed by atoms with Crippen LogP contribution in [-0.2, 0) is 16.6 Å². The topological polar surface area (TPSA) is 87.8 Å². The monoisotopic (exact) mass is 516 g/mol. The molecule has 1 atom stereocenters. The van der Waals surface area contributed by atoms with E-state index < -0.39 is 11.8 Å². The van der Waals surface area contributed by atoms with Gasteiger partial charge in [-0.3, -0.25) is 4.79 Å². The molecular weight excluding hydrogens is 491 g/mol. The Morgan fingerprint density at radius 1 is 1.24 bits per heavy atom. The van der Waals surface area contributed by atoms with Gasteiger partial charge in [0.2, 0.25) is 0 Å². The summed E-state index contributed by atoms with van der Waals surface area (Å²) in [5.74, 6) is -1.83. The van der Waals surface area contributed by atoms with Crippen molar-refractivity contribution in [1.82, 2.24) is 19.5 Å². The number of carbonyl (C=O) groups excluding carboxylic acids is 1. The number of thiophene rings is 1. The van der Waals surface area contributed by atoms with Gasteiger partial charge in [-0.2, -0.15) is 5.10 Å². The largest absolute Gasteiger partial charge is 0.478 e. The fourth-order valence-electron chi connectivity index (χ4n) is 5.06. The summed E-state index contributed by atoms with van der Waals surface area (Å²) in [5.41, 5.74) is 3.57. The highest BCUT2D eigenvalue weighted by Gasteiger charge is 2.42. The first-order valence-corrected chi connectivity index (χ1v) is 13.1. The predicted octanol–water partition coefficient (Wildman–Crippen LogP) is 5.51. The van der Waals surface area contributed by atoms with E-state index in [1.807, 2.05) is 11.0 Å². The summed E-state index contributed by atoms with van der Waals surface area (Å²) in [6.07, 6.45) is 4.90. The Kier molecular flexibility index (Phi) is 5.49. The Labute approximate surface area is 216 Å². The molecule has 1 aliphatic carbocycles. The maximum atomic E-state index is 15.3. The summed E-state index contributed by atoms with van der Waals surface area (Å²) in [6.45, 7) is 4.82. The van der Waals surface area contributed by atoms with E-state index in [4.69, 9.17) is 5.11 Å². The molecule has 1 aromatic carbocycles. The number of rotatable bonds is 5. The van der Waals surface area contributed by atoms with Gasteiger partial charge in [-0.05, 0) is 61.4 Å². The van der Waals surface area contributed by atoms with Crippen LogP contribution in [0.5, 0.6) is 0 Å². The quantitative estimate of drug-likeness (QED) is 0.354. The fourth-order valence-corrected chi connectivity index (χ4v) is 6.02. The molecule has 0 spiro atoms. The molecule has 0 bridgehead atoms. The zero-order chi connectivity index (χ0) is 25.9. The lowest BCUT2D eigenvalue weighted by molar-refractivity contribution is -0.131. The zero-order valence-corrected chi connectivity index (χ0v) is 21.3. The molecule has 1 amide bonds. The number of amides is 1. The second-order valence-electron chi connectivity index (χ2n) is 9.99. The number of aliphatic carboxylic acids is 1. The van der Waals surface area contributed by atoms with Crippen molar-refractivity contribution in [3.05, 3.63) is 81.1 Å². The number of carboxylic acid groups (broad SMARTS) is 1. The van der Waals surface area contributed by atoms with Crippen LogP contribution < -0.4 is 0 Å². The van der Waals surface area contributed by atoms with E-state index in [1.165, 1.54) is 22.6 Å². The SMILES string of the molecule is CC1c2ccsc2CCN1C(=O)c1cc(C2(C)CC2)n2nc(-c3cccc(/C=C/C(=O)O)c3F)cc2n1. The summed E-state index contributed by atoms with van der Waals surface area (Å²) in [4.78, 5) is 32.5. The van der Waals surface area contributed by atoms with Crippen LogP contribution >= 0.6 is 11.3 Å². The van der Waals surface area contributed by atoms with E-state index in [0.29, 0.717) is 23.6 Å². The molecule has 6 rings (SSSR count). The number of aromatic nitrogens is 3. The van der Waals surface area contributed by atoms with Crippen LogP contribution in [0.3, 0.4) is 0 Å². The molecule has 37 heavy (non-hydrogen) atoms. The smallest absolute Gasteiger partial charge is 0.328 e. The summed E-state index contributed by atoms with van der Waals surface area (Å²) in [5, 5.41) is 15.7. The molecule has 7 nitrogen and oxygen atoms in total. The normalized spacial score (nSPS) is 18.4. The minimum Gasteiger partial charge on any atom is -0.478 e. The summed E-state index contributed by atoms with van der Waals surface area (Å²) >= 11 is 1.73. The Hall–Kier alpha value is -3.85. The molecule has 1 fully saturated rings. The van der Waals surface area contributed by atoms with Crippen molar-refractivity contribution in [2.24, 2.45) is 0 Å². The molecule has 3 aromatic heterocycles. The van der Waals surface area contributed by atoms with Crippen molar-refractivity contribution < 1.29 is 19.1 Å². The van der Waals surface area contributed by atoms with Crippen LogP contribution in [0.1, 0.15) is 64.9 Å². The van der Waals surface area contributed by atoms with Gasteiger partial charge in [0.05, 0.1) is 17.4 Å². The van der Waals surface area contributed by atoms with Gasteiger partial charge in [-0.1, -0.05) is 19.1 Å². The molecule has 0 saturated heterocycles. The number of fused-ring (bicyclic) bond motifs is 2. The highest BCUT2D eigenvalue weighted by Crippen LogP contribution is 2.48. The summed E-state index contributed by atoms with van der Waals surface area (Å²) < 4.78 is 17.0. The highest BCUT2D eigenvalue weighted by atomic mass is 32.1. The van der Waals surface area contributed by atoms with Gasteiger partial charge < -0.3 is 10.0 Å².